The van der Waals surface area contributed by atoms with Gasteiger partial charge in [-0.15, -0.1) is 0 Å². The number of nitrogens with one attached hydrogen (secondary N) is 3. The summed E-state index contributed by atoms with van der Waals surface area (Å²) in [6, 6.07) is 2.81. The molecule has 20 heavy (non-hydrogen) atoms. The zero-order chi connectivity index (χ0) is 13.8. The monoisotopic (exact) mass is 297 g/mol. The number of rotatable bonds is 3. The van der Waals surface area contributed by atoms with Crippen molar-refractivity contribution in [2.75, 3.05) is 19.3 Å². The lowest BCUT2D eigenvalue weighted by molar-refractivity contribution is 0.199. The van der Waals surface area contributed by atoms with Gasteiger partial charge < -0.3 is 16.0 Å². The molecule has 3 nitrogen and oxygen atoms in total. The van der Waals surface area contributed by atoms with Gasteiger partial charge in [-0.05, 0) is 57.9 Å². The molecular formula is C16H31N3S. The topological polar surface area (TPSA) is 36.1 Å². The summed E-state index contributed by atoms with van der Waals surface area (Å²) in [5, 5.41) is 12.4. The molecule has 3 rings (SSSR count). The molecule has 4 heteroatoms. The number of piperidine rings is 3. The number of hydrogen-bond donors (Lipinski definition) is 3. The van der Waals surface area contributed by atoms with Crippen LogP contribution >= 0.6 is 11.8 Å². The molecule has 3 aliphatic rings. The maximum atomic E-state index is 4.02. The Bertz CT molecular complexity index is 261. The predicted molar refractivity (Wildman–Crippen MR) is 88.5 cm³/mol. The van der Waals surface area contributed by atoms with E-state index in [1.165, 1.54) is 64.5 Å². The summed E-state index contributed by atoms with van der Waals surface area (Å²) in [5.41, 5.74) is 0. The lowest BCUT2D eigenvalue weighted by Gasteiger charge is -2.44. The second-order valence-corrected chi connectivity index (χ2v) is 7.96. The second kappa shape index (κ2) is 7.48. The third-order valence-corrected chi connectivity index (χ3v) is 6.51. The first-order chi connectivity index (χ1) is 9.86. The van der Waals surface area contributed by atoms with Crippen LogP contribution in [0.25, 0.3) is 0 Å². The van der Waals surface area contributed by atoms with Gasteiger partial charge in [-0.25, -0.2) is 0 Å². The lowest BCUT2D eigenvalue weighted by atomic mass is 9.85. The van der Waals surface area contributed by atoms with Crippen LogP contribution in [0, 0.1) is 0 Å². The SMILES string of the molecule is CSC1CC(C2CCCCN2)NC(C2CCCCN2)C1. The predicted octanol–water partition coefficient (Wildman–Crippen LogP) is 2.12. The van der Waals surface area contributed by atoms with Crippen molar-refractivity contribution in [3.63, 3.8) is 0 Å². The van der Waals surface area contributed by atoms with E-state index in [9.17, 15) is 0 Å². The summed E-state index contributed by atoms with van der Waals surface area (Å²) in [6.45, 7) is 2.44. The Labute approximate surface area is 128 Å². The molecule has 3 heterocycles. The van der Waals surface area contributed by atoms with Crippen LogP contribution in [-0.2, 0) is 0 Å². The van der Waals surface area contributed by atoms with Gasteiger partial charge in [-0.1, -0.05) is 12.8 Å². The van der Waals surface area contributed by atoms with Crippen LogP contribution in [0.1, 0.15) is 51.4 Å². The molecule has 0 saturated carbocycles. The van der Waals surface area contributed by atoms with Crippen LogP contribution in [0.3, 0.4) is 0 Å². The van der Waals surface area contributed by atoms with E-state index in [0.29, 0.717) is 24.2 Å². The van der Waals surface area contributed by atoms with Gasteiger partial charge in [0.2, 0.25) is 0 Å². The van der Waals surface area contributed by atoms with E-state index < -0.39 is 0 Å². The summed E-state index contributed by atoms with van der Waals surface area (Å²) in [4.78, 5) is 0. The Kier molecular flexibility index (Phi) is 5.66. The highest BCUT2D eigenvalue weighted by Crippen LogP contribution is 2.29. The Morgan fingerprint density at radius 1 is 0.750 bits per heavy atom. The minimum absolute atomic E-state index is 0.690. The van der Waals surface area contributed by atoms with E-state index in [0.717, 1.165) is 5.25 Å². The fourth-order valence-corrected chi connectivity index (χ4v) is 5.07. The fraction of sp³-hybridized carbons (Fsp3) is 1.00. The number of thioether (sulfide) groups is 1. The van der Waals surface area contributed by atoms with Gasteiger partial charge in [-0.2, -0.15) is 11.8 Å². The van der Waals surface area contributed by atoms with Crippen LogP contribution in [-0.4, -0.2) is 48.8 Å². The summed E-state index contributed by atoms with van der Waals surface area (Å²) in [7, 11) is 0. The third-order valence-electron chi connectivity index (χ3n) is 5.46. The highest BCUT2D eigenvalue weighted by atomic mass is 32.2. The van der Waals surface area contributed by atoms with E-state index in [4.69, 9.17) is 0 Å². The molecule has 0 spiro atoms. The normalized spacial score (nSPS) is 43.4. The summed E-state index contributed by atoms with van der Waals surface area (Å²) in [5.74, 6) is 0. The average molecular weight is 298 g/mol. The first-order valence-electron chi connectivity index (χ1n) is 8.62. The van der Waals surface area contributed by atoms with Crippen molar-refractivity contribution in [1.29, 1.82) is 0 Å². The lowest BCUT2D eigenvalue weighted by Crippen LogP contribution is -2.62. The van der Waals surface area contributed by atoms with Crippen molar-refractivity contribution in [2.24, 2.45) is 0 Å². The van der Waals surface area contributed by atoms with Crippen LogP contribution in [0.15, 0.2) is 0 Å². The van der Waals surface area contributed by atoms with Crippen LogP contribution in [0.2, 0.25) is 0 Å². The molecule has 3 fully saturated rings. The molecule has 0 aromatic heterocycles. The molecule has 0 aromatic carbocycles. The largest absolute Gasteiger partial charge is 0.312 e. The molecule has 3 saturated heterocycles. The van der Waals surface area contributed by atoms with Crippen molar-refractivity contribution in [3.8, 4) is 0 Å². The Hall–Kier alpha value is 0.230. The van der Waals surface area contributed by atoms with Gasteiger partial charge in [0.05, 0.1) is 0 Å². The Morgan fingerprint density at radius 2 is 1.30 bits per heavy atom. The first kappa shape index (κ1) is 15.1. The molecule has 0 amide bonds. The maximum Gasteiger partial charge on any atom is 0.0234 e. The second-order valence-electron chi connectivity index (χ2n) is 6.82. The molecular weight excluding hydrogens is 266 g/mol. The molecule has 3 N–H and O–H groups in total. The van der Waals surface area contributed by atoms with Gasteiger partial charge in [-0.3, -0.25) is 0 Å². The molecule has 0 aromatic rings. The van der Waals surface area contributed by atoms with Crippen molar-refractivity contribution >= 4 is 11.8 Å². The quantitative estimate of drug-likeness (QED) is 0.746. The standard InChI is InChI=1S/C16H31N3S/c1-20-12-10-15(13-6-2-4-8-17-13)19-16(11-12)14-7-3-5-9-18-14/h12-19H,2-11H2,1H3. The Balaban J connectivity index is 1.61. The van der Waals surface area contributed by atoms with Crippen LogP contribution < -0.4 is 16.0 Å². The Morgan fingerprint density at radius 3 is 1.70 bits per heavy atom. The molecule has 0 radical (unpaired) electrons. The zero-order valence-electron chi connectivity index (χ0n) is 12.9. The van der Waals surface area contributed by atoms with Crippen LogP contribution in [0.5, 0.6) is 0 Å². The van der Waals surface area contributed by atoms with Crippen molar-refractivity contribution < 1.29 is 0 Å². The van der Waals surface area contributed by atoms with Crippen molar-refractivity contribution in [1.82, 2.24) is 16.0 Å². The highest BCUT2D eigenvalue weighted by Gasteiger charge is 2.36. The van der Waals surface area contributed by atoms with Gasteiger partial charge in [0.15, 0.2) is 0 Å². The van der Waals surface area contributed by atoms with Crippen LogP contribution in [0.4, 0.5) is 0 Å². The average Bonchev–Trinajstić information content (AvgIpc) is 2.56. The fourth-order valence-electron chi connectivity index (χ4n) is 4.27. The summed E-state index contributed by atoms with van der Waals surface area (Å²) >= 11 is 2.09. The summed E-state index contributed by atoms with van der Waals surface area (Å²) < 4.78 is 0. The highest BCUT2D eigenvalue weighted by molar-refractivity contribution is 7.99. The van der Waals surface area contributed by atoms with E-state index in [1.807, 2.05) is 0 Å². The molecule has 0 aliphatic carbocycles. The molecule has 4 atom stereocenters. The molecule has 4 unspecified atom stereocenters. The van der Waals surface area contributed by atoms with Gasteiger partial charge >= 0.3 is 0 Å². The first-order valence-corrected chi connectivity index (χ1v) is 9.91. The maximum absolute atomic E-state index is 4.02. The van der Waals surface area contributed by atoms with Gasteiger partial charge in [0.25, 0.3) is 0 Å². The number of hydrogen-bond acceptors (Lipinski definition) is 4. The van der Waals surface area contributed by atoms with E-state index in [2.05, 4.69) is 34.0 Å². The van der Waals surface area contributed by atoms with E-state index in [-0.39, 0.29) is 0 Å². The summed E-state index contributed by atoms with van der Waals surface area (Å²) in [6.07, 6.45) is 13.3. The zero-order valence-corrected chi connectivity index (χ0v) is 13.7. The van der Waals surface area contributed by atoms with E-state index >= 15 is 0 Å². The van der Waals surface area contributed by atoms with Gasteiger partial charge in [0.1, 0.15) is 0 Å². The minimum Gasteiger partial charge on any atom is -0.312 e. The molecule has 116 valence electrons. The smallest absolute Gasteiger partial charge is 0.0234 e. The molecule has 0 bridgehead atoms. The minimum atomic E-state index is 0.690. The van der Waals surface area contributed by atoms with Crippen molar-refractivity contribution in [2.45, 2.75) is 80.8 Å². The van der Waals surface area contributed by atoms with Gasteiger partial charge in [0, 0.05) is 29.4 Å². The van der Waals surface area contributed by atoms with Crippen molar-refractivity contribution in [3.05, 3.63) is 0 Å². The van der Waals surface area contributed by atoms with E-state index in [1.54, 1.807) is 0 Å². The third kappa shape index (κ3) is 3.70. The molecule has 3 aliphatic heterocycles.